The van der Waals surface area contributed by atoms with Gasteiger partial charge in [-0.25, -0.2) is 8.42 Å². The molecular weight excluding hydrogens is 464 g/mol. The van der Waals surface area contributed by atoms with Gasteiger partial charge >= 0.3 is 0 Å². The number of thiophene rings is 1. The number of hydrogen-bond acceptors (Lipinski definition) is 7. The molecule has 0 radical (unpaired) electrons. The van der Waals surface area contributed by atoms with Crippen LogP contribution in [0.3, 0.4) is 0 Å². The van der Waals surface area contributed by atoms with Crippen LogP contribution in [0.1, 0.15) is 20.8 Å². The summed E-state index contributed by atoms with van der Waals surface area (Å²) in [6, 6.07) is 18.8. The Labute approximate surface area is 193 Å². The first-order valence-electron chi connectivity index (χ1n) is 9.87. The normalized spacial score (nSPS) is 14.1. The summed E-state index contributed by atoms with van der Waals surface area (Å²) in [5, 5.41) is 13.5. The Hall–Kier alpha value is -2.92. The van der Waals surface area contributed by atoms with E-state index in [1.54, 1.807) is 5.38 Å². The van der Waals surface area contributed by atoms with Crippen molar-refractivity contribution in [2.75, 3.05) is 11.9 Å². The zero-order valence-corrected chi connectivity index (χ0v) is 19.2. The van der Waals surface area contributed by atoms with E-state index in [2.05, 4.69) is 15.5 Å². The number of sulfonamides is 1. The molecule has 3 heterocycles. The second-order valence-electron chi connectivity index (χ2n) is 7.20. The van der Waals surface area contributed by atoms with Crippen LogP contribution < -0.4 is 5.32 Å². The fraction of sp³-hybridized carbons (Fsp3) is 0.136. The molecule has 0 aliphatic carbocycles. The molecule has 7 nitrogen and oxygen atoms in total. The number of carbonyl (C=O) groups is 1. The van der Waals surface area contributed by atoms with Crippen molar-refractivity contribution in [1.82, 2.24) is 14.5 Å². The van der Waals surface area contributed by atoms with Crippen molar-refractivity contribution in [3.05, 3.63) is 82.0 Å². The van der Waals surface area contributed by atoms with E-state index in [4.69, 9.17) is 0 Å². The fourth-order valence-electron chi connectivity index (χ4n) is 3.61. The number of amides is 1. The lowest BCUT2D eigenvalue weighted by molar-refractivity contribution is 0.102. The first kappa shape index (κ1) is 21.0. The predicted molar refractivity (Wildman–Crippen MR) is 125 cm³/mol. The molecule has 1 N–H and O–H groups in total. The molecule has 4 aromatic rings. The van der Waals surface area contributed by atoms with E-state index in [0.29, 0.717) is 29.6 Å². The standard InChI is InChI=1S/C22H18N4O3S3/c27-20(23-22-25-24-21(31-22)16-7-2-1-3-8-16)19-18(11-13-30-19)32(28,29)26-12-10-15-6-4-5-9-17(15)14-26/h1-9,11,13H,10,12,14H2,(H,23,25,27). The summed E-state index contributed by atoms with van der Waals surface area (Å²) >= 11 is 2.33. The summed E-state index contributed by atoms with van der Waals surface area (Å²) in [5.41, 5.74) is 3.05. The Morgan fingerprint density at radius 3 is 2.53 bits per heavy atom. The van der Waals surface area contributed by atoms with Crippen molar-refractivity contribution in [3.63, 3.8) is 0 Å². The van der Waals surface area contributed by atoms with Crippen molar-refractivity contribution >= 4 is 43.7 Å². The largest absolute Gasteiger partial charge is 0.296 e. The minimum absolute atomic E-state index is 0.0205. The second kappa shape index (κ2) is 8.55. The average Bonchev–Trinajstić information content (AvgIpc) is 3.50. The highest BCUT2D eigenvalue weighted by molar-refractivity contribution is 7.89. The summed E-state index contributed by atoms with van der Waals surface area (Å²) in [6.07, 6.45) is 0.647. The lowest BCUT2D eigenvalue weighted by Crippen LogP contribution is -2.36. The van der Waals surface area contributed by atoms with E-state index < -0.39 is 15.9 Å². The number of rotatable bonds is 5. The molecule has 5 rings (SSSR count). The maximum absolute atomic E-state index is 13.4. The number of anilines is 1. The first-order chi connectivity index (χ1) is 15.5. The molecule has 1 amide bonds. The van der Waals surface area contributed by atoms with Gasteiger partial charge in [0.05, 0.1) is 0 Å². The zero-order chi connectivity index (χ0) is 22.1. The number of benzene rings is 2. The van der Waals surface area contributed by atoms with Gasteiger partial charge in [0.1, 0.15) is 14.8 Å². The Morgan fingerprint density at radius 1 is 0.969 bits per heavy atom. The summed E-state index contributed by atoms with van der Waals surface area (Å²) in [7, 11) is -3.82. The van der Waals surface area contributed by atoms with E-state index in [1.807, 2.05) is 54.6 Å². The number of nitrogens with one attached hydrogen (secondary N) is 1. The lowest BCUT2D eigenvalue weighted by Gasteiger charge is -2.28. The van der Waals surface area contributed by atoms with E-state index in [9.17, 15) is 13.2 Å². The Morgan fingerprint density at radius 2 is 1.72 bits per heavy atom. The first-order valence-corrected chi connectivity index (χ1v) is 13.0. The quantitative estimate of drug-likeness (QED) is 0.459. The SMILES string of the molecule is O=C(Nc1nnc(-c2ccccc2)s1)c1sccc1S(=O)(=O)N1CCc2ccccc2C1. The molecule has 0 atom stereocenters. The van der Waals surface area contributed by atoms with Crippen LogP contribution in [-0.2, 0) is 23.0 Å². The highest BCUT2D eigenvalue weighted by Gasteiger charge is 2.32. The topological polar surface area (TPSA) is 92.3 Å². The van der Waals surface area contributed by atoms with Crippen LogP contribution >= 0.6 is 22.7 Å². The van der Waals surface area contributed by atoms with Gasteiger partial charge in [0.15, 0.2) is 0 Å². The molecule has 0 fully saturated rings. The molecule has 0 bridgehead atoms. The molecule has 162 valence electrons. The highest BCUT2D eigenvalue weighted by atomic mass is 32.2. The number of aromatic nitrogens is 2. The fourth-order valence-corrected chi connectivity index (χ4v) is 7.06. The van der Waals surface area contributed by atoms with Gasteiger partial charge in [-0.3, -0.25) is 10.1 Å². The van der Waals surface area contributed by atoms with Crippen molar-refractivity contribution < 1.29 is 13.2 Å². The van der Waals surface area contributed by atoms with Gasteiger partial charge in [-0.2, -0.15) is 4.31 Å². The summed E-state index contributed by atoms with van der Waals surface area (Å²) < 4.78 is 28.1. The van der Waals surface area contributed by atoms with Crippen LogP contribution in [0, 0.1) is 0 Å². The number of fused-ring (bicyclic) bond motifs is 1. The van der Waals surface area contributed by atoms with E-state index >= 15 is 0 Å². The highest BCUT2D eigenvalue weighted by Crippen LogP contribution is 2.31. The van der Waals surface area contributed by atoms with Gasteiger partial charge in [-0.1, -0.05) is 65.9 Å². The third-order valence-electron chi connectivity index (χ3n) is 5.21. The minimum Gasteiger partial charge on any atom is -0.296 e. The molecule has 10 heteroatoms. The maximum atomic E-state index is 13.4. The maximum Gasteiger partial charge on any atom is 0.268 e. The predicted octanol–water partition coefficient (Wildman–Crippen LogP) is 4.27. The molecule has 0 saturated carbocycles. The van der Waals surface area contributed by atoms with Gasteiger partial charge in [-0.15, -0.1) is 21.5 Å². The van der Waals surface area contributed by atoms with Crippen molar-refractivity contribution in [3.8, 4) is 10.6 Å². The van der Waals surface area contributed by atoms with Crippen molar-refractivity contribution in [1.29, 1.82) is 0 Å². The third kappa shape index (κ3) is 3.97. The number of hydrogen-bond donors (Lipinski definition) is 1. The zero-order valence-electron chi connectivity index (χ0n) is 16.8. The van der Waals surface area contributed by atoms with Gasteiger partial charge in [0.25, 0.3) is 5.91 Å². The Kier molecular flexibility index (Phi) is 5.60. The molecule has 0 unspecified atom stereocenters. The minimum atomic E-state index is -3.82. The van der Waals surface area contributed by atoms with Gasteiger partial charge < -0.3 is 0 Å². The van der Waals surface area contributed by atoms with Crippen molar-refractivity contribution in [2.24, 2.45) is 0 Å². The lowest BCUT2D eigenvalue weighted by atomic mass is 10.0. The van der Waals surface area contributed by atoms with Gasteiger partial charge in [0, 0.05) is 18.7 Å². The smallest absolute Gasteiger partial charge is 0.268 e. The van der Waals surface area contributed by atoms with Crippen LogP contribution in [0.2, 0.25) is 0 Å². The molecule has 0 spiro atoms. The van der Waals surface area contributed by atoms with Gasteiger partial charge in [-0.05, 0) is 29.0 Å². The van der Waals surface area contributed by atoms with Crippen LogP contribution in [-0.4, -0.2) is 35.4 Å². The number of nitrogens with zero attached hydrogens (tertiary/aromatic N) is 3. The van der Waals surface area contributed by atoms with Crippen LogP contribution in [0.4, 0.5) is 5.13 Å². The van der Waals surface area contributed by atoms with Crippen molar-refractivity contribution in [2.45, 2.75) is 17.9 Å². The van der Waals surface area contributed by atoms with E-state index in [0.717, 1.165) is 28.0 Å². The Bertz CT molecular complexity index is 1380. The van der Waals surface area contributed by atoms with Crippen LogP contribution in [0.25, 0.3) is 10.6 Å². The molecule has 1 aliphatic rings. The van der Waals surface area contributed by atoms with Crippen LogP contribution in [0.15, 0.2) is 70.9 Å². The molecule has 1 aliphatic heterocycles. The molecular formula is C22H18N4O3S3. The average molecular weight is 483 g/mol. The van der Waals surface area contributed by atoms with Gasteiger partial charge in [0.2, 0.25) is 15.2 Å². The second-order valence-corrected chi connectivity index (χ2v) is 11.0. The molecule has 2 aromatic carbocycles. The summed E-state index contributed by atoms with van der Waals surface area (Å²) in [5.74, 6) is -0.508. The molecule has 0 saturated heterocycles. The third-order valence-corrected chi connectivity index (χ3v) is 9.03. The van der Waals surface area contributed by atoms with E-state index in [-0.39, 0.29) is 9.77 Å². The summed E-state index contributed by atoms with van der Waals surface area (Å²) in [4.78, 5) is 13.1. The Balaban J connectivity index is 1.36. The number of carbonyl (C=O) groups excluding carboxylic acids is 1. The summed E-state index contributed by atoms with van der Waals surface area (Å²) in [6.45, 7) is 0.680. The van der Waals surface area contributed by atoms with Crippen LogP contribution in [0.5, 0.6) is 0 Å². The monoisotopic (exact) mass is 482 g/mol. The van der Waals surface area contributed by atoms with E-state index in [1.165, 1.54) is 21.7 Å². The molecule has 2 aromatic heterocycles. The molecule has 32 heavy (non-hydrogen) atoms.